The smallest absolute Gasteiger partial charge is 0.212 e. The number of carbonyl (C=O) groups excluding carboxylic acids is 1. The minimum absolute atomic E-state index is 0.135. The molecule has 14 heavy (non-hydrogen) atoms. The number of allylic oxidation sites excluding steroid dienone is 1. The highest BCUT2D eigenvalue weighted by Crippen LogP contribution is 2.12. The molecular weight excluding hydrogens is 192 g/mol. The maximum absolute atomic E-state index is 11.3. The minimum atomic E-state index is 0.135. The van der Waals surface area contributed by atoms with Crippen LogP contribution < -0.4 is 0 Å². The van der Waals surface area contributed by atoms with Gasteiger partial charge in [-0.25, -0.2) is 0 Å². The van der Waals surface area contributed by atoms with Crippen molar-refractivity contribution >= 4 is 16.9 Å². The Labute approximate surface area is 89.2 Å². The summed E-state index contributed by atoms with van der Waals surface area (Å²) >= 11 is 1.34. The second kappa shape index (κ2) is 6.44. The van der Waals surface area contributed by atoms with E-state index in [9.17, 15) is 4.79 Å². The molecule has 1 aromatic carbocycles. The average molecular weight is 206 g/mol. The van der Waals surface area contributed by atoms with Gasteiger partial charge in [-0.2, -0.15) is 0 Å². The van der Waals surface area contributed by atoms with Crippen molar-refractivity contribution in [1.82, 2.24) is 0 Å². The summed E-state index contributed by atoms with van der Waals surface area (Å²) in [6, 6.07) is 10.0. The fourth-order valence-electron chi connectivity index (χ4n) is 0.991. The van der Waals surface area contributed by atoms with Crippen molar-refractivity contribution < 1.29 is 4.79 Å². The molecule has 0 amide bonds. The fourth-order valence-corrected chi connectivity index (χ4v) is 1.68. The number of carbonyl (C=O) groups is 1. The monoisotopic (exact) mass is 206 g/mol. The van der Waals surface area contributed by atoms with Gasteiger partial charge in [-0.15, -0.1) is 0 Å². The summed E-state index contributed by atoms with van der Waals surface area (Å²) in [6.45, 7) is 2.02. The Morgan fingerprint density at radius 2 is 2.07 bits per heavy atom. The van der Waals surface area contributed by atoms with Crippen molar-refractivity contribution in [3.63, 3.8) is 0 Å². The molecule has 1 aromatic rings. The van der Waals surface area contributed by atoms with Crippen LogP contribution >= 0.6 is 11.8 Å². The molecule has 0 fully saturated rings. The lowest BCUT2D eigenvalue weighted by Gasteiger charge is -1.96. The van der Waals surface area contributed by atoms with Crippen molar-refractivity contribution in [2.24, 2.45) is 0 Å². The van der Waals surface area contributed by atoms with Crippen molar-refractivity contribution in [1.29, 1.82) is 0 Å². The maximum Gasteiger partial charge on any atom is 0.212 e. The van der Waals surface area contributed by atoms with Gasteiger partial charge in [0.1, 0.15) is 0 Å². The molecule has 0 saturated carbocycles. The van der Waals surface area contributed by atoms with Crippen molar-refractivity contribution in [2.75, 3.05) is 0 Å². The van der Waals surface area contributed by atoms with E-state index in [1.165, 1.54) is 17.3 Å². The Kier molecular flexibility index (Phi) is 5.08. The van der Waals surface area contributed by atoms with Crippen LogP contribution in [0.2, 0.25) is 0 Å². The van der Waals surface area contributed by atoms with Crippen LogP contribution in [0.1, 0.15) is 18.9 Å². The van der Waals surface area contributed by atoms with Crippen LogP contribution in [0, 0.1) is 0 Å². The molecule has 74 valence electrons. The van der Waals surface area contributed by atoms with E-state index in [2.05, 4.69) is 0 Å². The Hall–Kier alpha value is -1.02. The van der Waals surface area contributed by atoms with E-state index in [0.717, 1.165) is 12.2 Å². The van der Waals surface area contributed by atoms with Crippen LogP contribution in [0.25, 0.3) is 0 Å². The molecule has 1 nitrogen and oxygen atoms in total. The summed E-state index contributed by atoms with van der Waals surface area (Å²) in [5.74, 6) is 0.758. The summed E-state index contributed by atoms with van der Waals surface area (Å²) in [5.41, 5.74) is 1.19. The third kappa shape index (κ3) is 4.28. The summed E-state index contributed by atoms with van der Waals surface area (Å²) in [5, 5.41) is 0.135. The van der Waals surface area contributed by atoms with Gasteiger partial charge in [-0.3, -0.25) is 4.79 Å². The Morgan fingerprint density at radius 1 is 1.36 bits per heavy atom. The highest BCUT2D eigenvalue weighted by atomic mass is 32.2. The Balaban J connectivity index is 2.34. The van der Waals surface area contributed by atoms with E-state index >= 15 is 0 Å². The molecule has 0 heterocycles. The largest absolute Gasteiger partial charge is 0.282 e. The molecule has 0 aliphatic heterocycles. The lowest BCUT2D eigenvalue weighted by Crippen LogP contribution is -1.87. The number of thioether (sulfide) groups is 1. The first-order valence-electron chi connectivity index (χ1n) is 4.70. The van der Waals surface area contributed by atoms with E-state index < -0.39 is 0 Å². The van der Waals surface area contributed by atoms with Gasteiger partial charge in [0.25, 0.3) is 0 Å². The van der Waals surface area contributed by atoms with E-state index in [4.69, 9.17) is 0 Å². The Bertz CT molecular complexity index is 303. The predicted octanol–water partition coefficient (Wildman–Crippen LogP) is 3.41. The van der Waals surface area contributed by atoms with Gasteiger partial charge >= 0.3 is 0 Å². The molecule has 0 unspecified atom stereocenters. The van der Waals surface area contributed by atoms with Crippen LogP contribution in [0.15, 0.2) is 42.5 Å². The van der Waals surface area contributed by atoms with Crippen LogP contribution in [-0.4, -0.2) is 5.12 Å². The third-order valence-corrected chi connectivity index (χ3v) is 2.61. The molecule has 0 aliphatic rings. The van der Waals surface area contributed by atoms with Gasteiger partial charge in [0, 0.05) is 5.75 Å². The number of rotatable bonds is 4. The molecule has 0 saturated heterocycles. The van der Waals surface area contributed by atoms with Crippen LogP contribution in [-0.2, 0) is 10.5 Å². The zero-order chi connectivity index (χ0) is 10.2. The molecule has 0 bridgehead atoms. The first kappa shape index (κ1) is 11.1. The molecule has 2 heteroatoms. The summed E-state index contributed by atoms with van der Waals surface area (Å²) in [7, 11) is 0. The van der Waals surface area contributed by atoms with E-state index in [1.807, 2.05) is 43.3 Å². The summed E-state index contributed by atoms with van der Waals surface area (Å²) in [6.07, 6.45) is 4.45. The lowest BCUT2D eigenvalue weighted by molar-refractivity contribution is -0.107. The Morgan fingerprint density at radius 3 is 2.71 bits per heavy atom. The predicted molar refractivity (Wildman–Crippen MR) is 62.2 cm³/mol. The molecule has 0 atom stereocenters. The zero-order valence-electron chi connectivity index (χ0n) is 8.27. The van der Waals surface area contributed by atoms with E-state index in [0.29, 0.717) is 0 Å². The maximum atomic E-state index is 11.3. The molecule has 0 N–H and O–H groups in total. The molecule has 0 spiro atoms. The first-order chi connectivity index (χ1) is 6.83. The van der Waals surface area contributed by atoms with Crippen LogP contribution in [0.4, 0.5) is 0 Å². The average Bonchev–Trinajstić information content (AvgIpc) is 2.25. The fraction of sp³-hybridized carbons (Fsp3) is 0.250. The van der Waals surface area contributed by atoms with Gasteiger partial charge in [-0.1, -0.05) is 55.1 Å². The molecule has 0 aliphatic carbocycles. The lowest BCUT2D eigenvalue weighted by atomic mass is 10.2. The quantitative estimate of drug-likeness (QED) is 0.702. The normalized spacial score (nSPS) is 10.6. The van der Waals surface area contributed by atoms with Gasteiger partial charge in [-0.05, 0) is 18.1 Å². The van der Waals surface area contributed by atoms with Gasteiger partial charge in [0.2, 0.25) is 5.12 Å². The number of hydrogen-bond acceptors (Lipinski definition) is 2. The second-order valence-corrected chi connectivity index (χ2v) is 3.88. The first-order valence-corrected chi connectivity index (χ1v) is 5.68. The van der Waals surface area contributed by atoms with Crippen LogP contribution in [0.3, 0.4) is 0 Å². The highest BCUT2D eigenvalue weighted by molar-refractivity contribution is 8.13. The van der Waals surface area contributed by atoms with E-state index in [1.54, 1.807) is 6.08 Å². The van der Waals surface area contributed by atoms with Gasteiger partial charge < -0.3 is 0 Å². The zero-order valence-corrected chi connectivity index (χ0v) is 9.09. The topological polar surface area (TPSA) is 17.1 Å². The van der Waals surface area contributed by atoms with Gasteiger partial charge in [0.15, 0.2) is 0 Å². The van der Waals surface area contributed by atoms with Crippen molar-refractivity contribution in [3.05, 3.63) is 48.0 Å². The SMILES string of the molecule is CC/C=C/C(=O)SCc1ccccc1. The minimum Gasteiger partial charge on any atom is -0.282 e. The second-order valence-electron chi connectivity index (χ2n) is 2.90. The van der Waals surface area contributed by atoms with Gasteiger partial charge in [0.05, 0.1) is 0 Å². The van der Waals surface area contributed by atoms with E-state index in [-0.39, 0.29) is 5.12 Å². The molecular formula is C12H14OS. The standard InChI is InChI=1S/C12H14OS/c1-2-3-9-12(13)14-10-11-7-5-4-6-8-11/h3-9H,2,10H2,1H3/b9-3+. The summed E-state index contributed by atoms with van der Waals surface area (Å²) < 4.78 is 0. The number of hydrogen-bond donors (Lipinski definition) is 0. The van der Waals surface area contributed by atoms with Crippen molar-refractivity contribution in [2.45, 2.75) is 19.1 Å². The molecule has 0 radical (unpaired) electrons. The highest BCUT2D eigenvalue weighted by Gasteiger charge is 1.97. The molecule has 1 rings (SSSR count). The van der Waals surface area contributed by atoms with Crippen molar-refractivity contribution in [3.8, 4) is 0 Å². The van der Waals surface area contributed by atoms with Crippen LogP contribution in [0.5, 0.6) is 0 Å². The number of benzene rings is 1. The third-order valence-electron chi connectivity index (χ3n) is 1.71. The summed E-state index contributed by atoms with van der Waals surface area (Å²) in [4.78, 5) is 11.3. The molecule has 0 aromatic heterocycles.